The molecule has 1 atom stereocenters. The minimum Gasteiger partial charge on any atom is -0.439 e. The number of ether oxygens (including phenoxy) is 1. The Labute approximate surface area is 291 Å². The largest absolute Gasteiger partial charge is 0.439 e. The Morgan fingerprint density at radius 3 is 2.36 bits per heavy atom. The highest BCUT2D eigenvalue weighted by molar-refractivity contribution is 7.98. The lowest BCUT2D eigenvalue weighted by atomic mass is 9.89. The summed E-state index contributed by atoms with van der Waals surface area (Å²) in [4.78, 5) is 41.0. The average molecular weight is 721 g/mol. The maximum Gasteiger partial charge on any atom is 0.410 e. The second-order valence-electron chi connectivity index (χ2n) is 12.0. The van der Waals surface area contributed by atoms with E-state index in [0.717, 1.165) is 42.4 Å². The number of thioether (sulfide) groups is 1. The van der Waals surface area contributed by atoms with E-state index in [-0.39, 0.29) is 0 Å². The van der Waals surface area contributed by atoms with Gasteiger partial charge in [-0.2, -0.15) is 11.8 Å². The second-order valence-corrected chi connectivity index (χ2v) is 15.4. The second kappa shape index (κ2) is 17.4. The summed E-state index contributed by atoms with van der Waals surface area (Å²) in [6.07, 6.45) is 7.83. The van der Waals surface area contributed by atoms with Crippen molar-refractivity contribution >= 4 is 76.4 Å². The molecule has 7 nitrogen and oxygen atoms in total. The van der Waals surface area contributed by atoms with Crippen LogP contribution in [0, 0.1) is 12.8 Å². The highest BCUT2D eigenvalue weighted by atomic mass is 35.6. The van der Waals surface area contributed by atoms with Crippen molar-refractivity contribution in [1.29, 1.82) is 0 Å². The topological polar surface area (TPSA) is 84.9 Å². The quantitative estimate of drug-likeness (QED) is 0.208. The SMILES string of the molecule is CSCCC(NC(=O)c1ccc(CCN(CC2CCCCC2)C(=O)OC(C)(C)C(Cl)(Cl)Cl)cc1-c1ccccc1C)C(=O)OCl. The summed E-state index contributed by atoms with van der Waals surface area (Å²) >= 11 is 25.3. The van der Waals surface area contributed by atoms with Gasteiger partial charge in [0, 0.05) is 18.7 Å². The molecule has 1 fully saturated rings. The van der Waals surface area contributed by atoms with E-state index in [1.165, 1.54) is 6.42 Å². The van der Waals surface area contributed by atoms with E-state index in [4.69, 9.17) is 51.4 Å². The molecule has 1 aliphatic carbocycles. The predicted molar refractivity (Wildman–Crippen MR) is 186 cm³/mol. The van der Waals surface area contributed by atoms with Gasteiger partial charge >= 0.3 is 12.1 Å². The lowest BCUT2D eigenvalue weighted by molar-refractivity contribution is -0.136. The maximum absolute atomic E-state index is 13.6. The Hall–Kier alpha value is -1.84. The molecule has 1 N–H and O–H groups in total. The van der Waals surface area contributed by atoms with Crippen molar-refractivity contribution in [3.8, 4) is 11.1 Å². The molecule has 2 aromatic carbocycles. The van der Waals surface area contributed by atoms with Crippen LogP contribution in [0.1, 0.15) is 73.9 Å². The normalized spacial score (nSPS) is 14.8. The van der Waals surface area contributed by atoms with Gasteiger partial charge in [0.1, 0.15) is 17.9 Å². The van der Waals surface area contributed by atoms with E-state index in [1.807, 2.05) is 49.6 Å². The first-order chi connectivity index (χ1) is 21.3. The third kappa shape index (κ3) is 10.9. The summed E-state index contributed by atoms with van der Waals surface area (Å²) < 4.78 is 8.36. The molecule has 0 aliphatic heterocycles. The van der Waals surface area contributed by atoms with Gasteiger partial charge in [-0.25, -0.2) is 9.59 Å². The van der Waals surface area contributed by atoms with Crippen LogP contribution in [-0.4, -0.2) is 63.4 Å². The molecule has 0 bridgehead atoms. The van der Waals surface area contributed by atoms with E-state index < -0.39 is 33.4 Å². The zero-order valence-corrected chi connectivity index (χ0v) is 30.0. The standard InChI is InChI=1S/C33H42Cl4N2O5S/c1-22-10-8-9-13-25(22)27-20-23(14-15-26(27)29(40)38-28(17-19-45-4)30(41)44-37)16-18-39(21-24-11-6-5-7-12-24)31(42)43-32(2,3)33(34,35)36/h8-10,13-15,20,24,28H,5-7,11-12,16-19,21H2,1-4H3,(H,38,40). The Kier molecular flexibility index (Phi) is 14.5. The zero-order valence-electron chi connectivity index (χ0n) is 26.2. The van der Waals surface area contributed by atoms with Crippen LogP contribution in [0.5, 0.6) is 0 Å². The smallest absolute Gasteiger partial charge is 0.410 e. The van der Waals surface area contributed by atoms with Crippen molar-refractivity contribution in [2.24, 2.45) is 5.92 Å². The number of nitrogens with zero attached hydrogens (tertiary/aromatic N) is 1. The molecule has 3 rings (SSSR count). The van der Waals surface area contributed by atoms with Gasteiger partial charge in [0.25, 0.3) is 5.91 Å². The zero-order chi connectivity index (χ0) is 33.2. The maximum atomic E-state index is 13.6. The molecule has 0 aromatic heterocycles. The lowest BCUT2D eigenvalue weighted by Gasteiger charge is -2.36. The fraction of sp³-hybridized carbons (Fsp3) is 0.545. The number of alkyl halides is 3. The van der Waals surface area contributed by atoms with E-state index in [9.17, 15) is 14.4 Å². The number of rotatable bonds is 13. The Balaban J connectivity index is 1.90. The fourth-order valence-corrected chi connectivity index (χ4v) is 6.06. The van der Waals surface area contributed by atoms with E-state index in [2.05, 4.69) is 9.61 Å². The van der Waals surface area contributed by atoms with Crippen molar-refractivity contribution in [1.82, 2.24) is 10.2 Å². The summed E-state index contributed by atoms with van der Waals surface area (Å²) in [5.74, 6) is -0.117. The molecular formula is C33H42Cl4N2O5S. The summed E-state index contributed by atoms with van der Waals surface area (Å²) in [5, 5.41) is 2.80. The molecule has 1 unspecified atom stereocenters. The molecule has 2 aromatic rings. The first-order valence-electron chi connectivity index (χ1n) is 15.1. The van der Waals surface area contributed by atoms with Gasteiger partial charge < -0.3 is 19.2 Å². The monoisotopic (exact) mass is 718 g/mol. The Morgan fingerprint density at radius 2 is 1.73 bits per heavy atom. The molecule has 0 spiro atoms. The summed E-state index contributed by atoms with van der Waals surface area (Å²) in [6, 6.07) is 12.5. The van der Waals surface area contributed by atoms with Gasteiger partial charge in [-0.15, -0.1) is 0 Å². The van der Waals surface area contributed by atoms with Crippen molar-refractivity contribution in [2.45, 2.75) is 81.2 Å². The van der Waals surface area contributed by atoms with Crippen molar-refractivity contribution in [3.05, 3.63) is 59.2 Å². The van der Waals surface area contributed by atoms with E-state index in [0.29, 0.717) is 48.7 Å². The number of hydrogen-bond donors (Lipinski definition) is 1. The number of carbonyl (C=O) groups excluding carboxylic acids is 3. The highest BCUT2D eigenvalue weighted by Crippen LogP contribution is 2.41. The number of amides is 2. The minimum absolute atomic E-state index is 0.370. The van der Waals surface area contributed by atoms with Gasteiger partial charge in [0.15, 0.2) is 5.60 Å². The first kappa shape index (κ1) is 37.6. The Morgan fingerprint density at radius 1 is 1.04 bits per heavy atom. The van der Waals surface area contributed by atoms with Crippen LogP contribution in [0.4, 0.5) is 4.79 Å². The van der Waals surface area contributed by atoms with Crippen LogP contribution in [0.25, 0.3) is 11.1 Å². The van der Waals surface area contributed by atoms with Crippen LogP contribution in [0.3, 0.4) is 0 Å². The van der Waals surface area contributed by atoms with Crippen LogP contribution >= 0.6 is 58.4 Å². The fourth-order valence-electron chi connectivity index (χ4n) is 5.36. The minimum atomic E-state index is -1.80. The molecular weight excluding hydrogens is 678 g/mol. The van der Waals surface area contributed by atoms with Gasteiger partial charge in [-0.1, -0.05) is 90.5 Å². The molecule has 1 aliphatic rings. The molecule has 248 valence electrons. The van der Waals surface area contributed by atoms with Gasteiger partial charge in [0.2, 0.25) is 3.79 Å². The first-order valence-corrected chi connectivity index (χ1v) is 18.0. The summed E-state index contributed by atoms with van der Waals surface area (Å²) in [6.45, 7) is 6.06. The number of nitrogens with one attached hydrogen (secondary N) is 1. The summed E-state index contributed by atoms with van der Waals surface area (Å²) in [5.41, 5.74) is 2.58. The van der Waals surface area contributed by atoms with Crippen LogP contribution < -0.4 is 5.32 Å². The molecule has 0 heterocycles. The molecule has 0 saturated heterocycles. The third-order valence-electron chi connectivity index (χ3n) is 8.20. The molecule has 0 radical (unpaired) electrons. The van der Waals surface area contributed by atoms with Crippen LogP contribution in [0.2, 0.25) is 0 Å². The van der Waals surface area contributed by atoms with Crippen LogP contribution in [0.15, 0.2) is 42.5 Å². The van der Waals surface area contributed by atoms with Crippen molar-refractivity contribution in [3.63, 3.8) is 0 Å². The number of aryl methyl sites for hydroxylation is 1. The van der Waals surface area contributed by atoms with Crippen LogP contribution in [-0.2, 0) is 20.2 Å². The van der Waals surface area contributed by atoms with Gasteiger partial charge in [0.05, 0.1) is 0 Å². The van der Waals surface area contributed by atoms with Crippen molar-refractivity contribution in [2.75, 3.05) is 25.1 Å². The summed E-state index contributed by atoms with van der Waals surface area (Å²) in [7, 11) is 0. The third-order valence-corrected chi connectivity index (χ3v) is 10.4. The molecule has 2 amide bonds. The van der Waals surface area contributed by atoms with Gasteiger partial charge in [-0.3, -0.25) is 4.79 Å². The highest BCUT2D eigenvalue weighted by Gasteiger charge is 2.45. The predicted octanol–water partition coefficient (Wildman–Crippen LogP) is 8.92. The van der Waals surface area contributed by atoms with Crippen molar-refractivity contribution < 1.29 is 23.4 Å². The lowest BCUT2D eigenvalue weighted by Crippen LogP contribution is -2.47. The number of halogens is 4. The van der Waals surface area contributed by atoms with E-state index >= 15 is 0 Å². The molecule has 45 heavy (non-hydrogen) atoms. The Bertz CT molecular complexity index is 1310. The average Bonchev–Trinajstić information content (AvgIpc) is 3.00. The van der Waals surface area contributed by atoms with Gasteiger partial charge in [-0.05, 0) is 92.7 Å². The number of hydrogen-bond acceptors (Lipinski definition) is 6. The molecule has 1 saturated carbocycles. The number of carbonyl (C=O) groups is 3. The van der Waals surface area contributed by atoms with E-state index in [1.54, 1.807) is 36.6 Å². The molecule has 12 heteroatoms. The number of benzene rings is 2.